The largest absolute Gasteiger partial charge is 0.472 e. The van der Waals surface area contributed by atoms with Crippen LogP contribution < -0.4 is 17.0 Å². The van der Waals surface area contributed by atoms with Gasteiger partial charge in [0, 0.05) is 6.42 Å². The van der Waals surface area contributed by atoms with E-state index in [1.165, 1.54) is 35.0 Å². The molecule has 9 atom stereocenters. The molecule has 0 aliphatic carbocycles. The zero-order chi connectivity index (χ0) is 29.9. The Morgan fingerprint density at radius 2 is 1.81 bits per heavy atom. The predicted molar refractivity (Wildman–Crippen MR) is 139 cm³/mol. The topological polar surface area (TPSA) is 294 Å². The number of nitrogens with one attached hydrogen (secondary N) is 1. The van der Waals surface area contributed by atoms with Crippen LogP contribution in [0.5, 0.6) is 0 Å². The Kier molecular flexibility index (Phi) is 7.20. The van der Waals surface area contributed by atoms with Crippen molar-refractivity contribution in [1.29, 1.82) is 0 Å². The van der Waals surface area contributed by atoms with Crippen LogP contribution in [0.4, 0.5) is 11.8 Å². The van der Waals surface area contributed by atoms with Crippen LogP contribution in [0, 0.1) is 0 Å². The van der Waals surface area contributed by atoms with Crippen LogP contribution in [0.1, 0.15) is 25.8 Å². The molecule has 0 amide bonds. The van der Waals surface area contributed by atoms with Crippen LogP contribution in [0.2, 0.25) is 0 Å². The summed E-state index contributed by atoms with van der Waals surface area (Å²) in [5, 5.41) is 31.1. The number of ether oxygens (including phenoxy) is 2. The molecule has 21 heteroatoms. The Morgan fingerprint density at radius 1 is 1.10 bits per heavy atom. The van der Waals surface area contributed by atoms with Gasteiger partial charge >= 0.3 is 7.82 Å². The number of aliphatic hydroxyl groups excluding tert-OH is 3. The number of aromatic amines is 1. The van der Waals surface area contributed by atoms with E-state index in [9.17, 15) is 29.6 Å². The standard InChI is InChI=1S/C21H27N10O10P/c1-7(14-12(33)13(34)20(39-14)30-5-26-10-15(22)24-4-25-16(10)30)40-42(36,37)41-9-2-8(3-32)38-19(9)31-6-27-11-17(31)28-21(23)29-18(11)35/h4-9,12-14,19-20,32-34H,2-3H2,1H3,(H,36,37)(H2,22,24,25)(H3,23,28,29,35)/t7-,8+,9-,12+,13-,14-,19-,20-/m1/s1. The first-order valence-corrected chi connectivity index (χ1v) is 14.1. The molecule has 2 aliphatic rings. The molecule has 0 bridgehead atoms. The molecule has 0 saturated carbocycles. The Morgan fingerprint density at radius 3 is 2.55 bits per heavy atom. The number of rotatable bonds is 8. The highest BCUT2D eigenvalue weighted by Crippen LogP contribution is 2.51. The number of H-pyrrole nitrogens is 1. The third kappa shape index (κ3) is 4.91. The van der Waals surface area contributed by atoms with Gasteiger partial charge in [-0.1, -0.05) is 0 Å². The van der Waals surface area contributed by atoms with E-state index in [1.807, 2.05) is 0 Å². The van der Waals surface area contributed by atoms with Gasteiger partial charge in [-0.3, -0.25) is 28.0 Å². The third-order valence-corrected chi connectivity index (χ3v) is 8.18. The molecule has 1 unspecified atom stereocenters. The number of phosphoric ester groups is 1. The van der Waals surface area contributed by atoms with Crippen molar-refractivity contribution < 1.29 is 43.3 Å². The Labute approximate surface area is 234 Å². The van der Waals surface area contributed by atoms with Gasteiger partial charge in [0.05, 0.1) is 31.5 Å². The lowest BCUT2D eigenvalue weighted by atomic mass is 10.1. The molecule has 2 fully saturated rings. The first-order chi connectivity index (χ1) is 20.0. The number of nitrogens with two attached hydrogens (primary N) is 2. The monoisotopic (exact) mass is 610 g/mol. The second-order valence-corrected chi connectivity index (χ2v) is 11.2. The molecule has 6 rings (SSSR count). The average molecular weight is 610 g/mol. The van der Waals surface area contributed by atoms with Crippen LogP contribution in [0.25, 0.3) is 22.3 Å². The summed E-state index contributed by atoms with van der Waals surface area (Å²) >= 11 is 0. The summed E-state index contributed by atoms with van der Waals surface area (Å²) in [6, 6.07) is 0. The number of nitrogen functional groups attached to an aromatic ring is 2. The number of nitrogens with zero attached hydrogens (tertiary/aromatic N) is 7. The molecule has 0 aromatic carbocycles. The van der Waals surface area contributed by atoms with E-state index in [1.54, 1.807) is 0 Å². The molecule has 6 heterocycles. The lowest BCUT2D eigenvalue weighted by Crippen LogP contribution is -2.38. The molecule has 20 nitrogen and oxygen atoms in total. The fraction of sp³-hybridized carbons (Fsp3) is 0.524. The zero-order valence-corrected chi connectivity index (χ0v) is 22.6. The number of anilines is 2. The maximum Gasteiger partial charge on any atom is 0.472 e. The van der Waals surface area contributed by atoms with Gasteiger partial charge in [-0.05, 0) is 6.92 Å². The number of aromatic nitrogens is 8. The average Bonchev–Trinajstić information content (AvgIpc) is 3.69. The van der Waals surface area contributed by atoms with Crippen LogP contribution in [0.3, 0.4) is 0 Å². The Balaban J connectivity index is 1.19. The molecule has 2 aliphatic heterocycles. The van der Waals surface area contributed by atoms with Crippen LogP contribution in [0.15, 0.2) is 23.8 Å². The van der Waals surface area contributed by atoms with E-state index in [2.05, 4.69) is 29.9 Å². The van der Waals surface area contributed by atoms with Gasteiger partial charge in [0.15, 0.2) is 35.1 Å². The SMILES string of the molecule is C[C@@H](OP(=O)(O)O[C@@H]1C[C@@H](CO)O[C@H]1n1cnc2c(=O)[nH]c(N)nc21)[C@H]1O[C@@H](n2cnc3c(N)ncnc32)[C@H](O)[C@@H]1O. The van der Waals surface area contributed by atoms with Crippen molar-refractivity contribution in [2.75, 3.05) is 18.1 Å². The molecular formula is C21H27N10O10P. The maximum atomic E-state index is 13.2. The fourth-order valence-corrected chi connectivity index (χ4v) is 6.25. The molecule has 4 aromatic rings. The van der Waals surface area contributed by atoms with E-state index in [-0.39, 0.29) is 40.5 Å². The van der Waals surface area contributed by atoms with Gasteiger partial charge in [-0.25, -0.2) is 24.5 Å². The van der Waals surface area contributed by atoms with Gasteiger partial charge in [0.25, 0.3) is 5.56 Å². The summed E-state index contributed by atoms with van der Waals surface area (Å²) in [7, 11) is -4.92. The molecule has 0 radical (unpaired) electrons. The molecule has 0 spiro atoms. The lowest BCUT2D eigenvalue weighted by molar-refractivity contribution is -0.0835. The Bertz CT molecular complexity index is 1730. The fourth-order valence-electron chi connectivity index (χ4n) is 5.13. The molecule has 226 valence electrons. The van der Waals surface area contributed by atoms with Crippen molar-refractivity contribution in [3.05, 3.63) is 29.3 Å². The quantitative estimate of drug-likeness (QED) is 0.105. The van der Waals surface area contributed by atoms with Crippen LogP contribution >= 0.6 is 7.82 Å². The molecule has 9 N–H and O–H groups in total. The predicted octanol–water partition coefficient (Wildman–Crippen LogP) is -2.09. The summed E-state index contributed by atoms with van der Waals surface area (Å²) in [4.78, 5) is 45.3. The zero-order valence-electron chi connectivity index (χ0n) is 21.7. The highest BCUT2D eigenvalue weighted by Gasteiger charge is 2.49. The summed E-state index contributed by atoms with van der Waals surface area (Å²) in [5.41, 5.74) is 11.3. The van der Waals surface area contributed by atoms with Gasteiger partial charge in [0.2, 0.25) is 5.95 Å². The molecule has 2 saturated heterocycles. The van der Waals surface area contributed by atoms with Gasteiger partial charge in [-0.2, -0.15) is 4.98 Å². The molecule has 42 heavy (non-hydrogen) atoms. The highest BCUT2D eigenvalue weighted by molar-refractivity contribution is 7.47. The minimum atomic E-state index is -4.92. The lowest BCUT2D eigenvalue weighted by Gasteiger charge is -2.27. The summed E-state index contributed by atoms with van der Waals surface area (Å²) < 4.78 is 38.2. The first kappa shape index (κ1) is 28.5. The Hall–Kier alpha value is -3.59. The van der Waals surface area contributed by atoms with E-state index in [0.29, 0.717) is 0 Å². The van der Waals surface area contributed by atoms with Crippen molar-refractivity contribution >= 4 is 41.9 Å². The van der Waals surface area contributed by atoms with E-state index >= 15 is 0 Å². The minimum Gasteiger partial charge on any atom is -0.394 e. The van der Waals surface area contributed by atoms with Crippen molar-refractivity contribution in [3.63, 3.8) is 0 Å². The van der Waals surface area contributed by atoms with Crippen LogP contribution in [-0.4, -0.2) is 102 Å². The maximum absolute atomic E-state index is 13.2. The van der Waals surface area contributed by atoms with E-state index < -0.39 is 69.1 Å². The van der Waals surface area contributed by atoms with Gasteiger partial charge in [0.1, 0.15) is 36.3 Å². The van der Waals surface area contributed by atoms with Gasteiger partial charge in [-0.15, -0.1) is 0 Å². The smallest absolute Gasteiger partial charge is 0.394 e. The molecular weight excluding hydrogens is 583 g/mol. The van der Waals surface area contributed by atoms with Crippen molar-refractivity contribution in [3.8, 4) is 0 Å². The number of phosphoric acid groups is 1. The highest BCUT2D eigenvalue weighted by atomic mass is 31.2. The van der Waals surface area contributed by atoms with E-state index in [4.69, 9.17) is 30.0 Å². The summed E-state index contributed by atoms with van der Waals surface area (Å²) in [6.45, 7) is 0.913. The number of hydrogen-bond donors (Lipinski definition) is 7. The van der Waals surface area contributed by atoms with Gasteiger partial charge < -0.3 is 41.2 Å². The molecule has 4 aromatic heterocycles. The summed E-state index contributed by atoms with van der Waals surface area (Å²) in [6.07, 6.45) is -6.24. The first-order valence-electron chi connectivity index (χ1n) is 12.6. The minimum absolute atomic E-state index is 0.0251. The second kappa shape index (κ2) is 10.6. The number of fused-ring (bicyclic) bond motifs is 2. The number of aliphatic hydroxyl groups is 3. The van der Waals surface area contributed by atoms with Crippen LogP contribution in [-0.2, 0) is 23.1 Å². The second-order valence-electron chi connectivity index (χ2n) is 9.82. The number of hydrogen-bond acceptors (Lipinski definition) is 16. The summed E-state index contributed by atoms with van der Waals surface area (Å²) in [5.74, 6) is -0.0885. The third-order valence-electron chi connectivity index (χ3n) is 7.04. The van der Waals surface area contributed by atoms with E-state index in [0.717, 1.165) is 0 Å². The van der Waals surface area contributed by atoms with Crippen molar-refractivity contribution in [2.45, 2.75) is 62.4 Å². The van der Waals surface area contributed by atoms with Crippen molar-refractivity contribution in [2.24, 2.45) is 0 Å². The number of imidazole rings is 2. The van der Waals surface area contributed by atoms with Crippen molar-refractivity contribution in [1.82, 2.24) is 39.0 Å². The normalized spacial score (nSPS) is 30.3.